The molecule has 5 nitrogen and oxygen atoms in total. The van der Waals surface area contributed by atoms with Crippen LogP contribution in [-0.4, -0.2) is 23.9 Å². The second kappa shape index (κ2) is 5.86. The second-order valence-electron chi connectivity index (χ2n) is 3.93. The molecule has 1 aromatic carbocycles. The number of carbonyl (C=O) groups excluding carboxylic acids is 2. The number of hydrogen-bond donors (Lipinski definition) is 1. The molecule has 5 heteroatoms. The Labute approximate surface area is 110 Å². The summed E-state index contributed by atoms with van der Waals surface area (Å²) in [5.74, 6) is 0.378. The first-order valence-electron chi connectivity index (χ1n) is 5.78. The van der Waals surface area contributed by atoms with Crippen LogP contribution in [0.25, 0.3) is 0 Å². The van der Waals surface area contributed by atoms with Gasteiger partial charge in [-0.05, 0) is 24.3 Å². The standard InChI is InChI=1S/C14H14N2O3/c1-19-13-7-3-2-6-12(13)15-14(18)9-16-8-4-5-11(16)10-17/h2-8,10H,9H2,1H3,(H,15,18). The second-order valence-corrected chi connectivity index (χ2v) is 3.93. The summed E-state index contributed by atoms with van der Waals surface area (Å²) in [6.07, 6.45) is 2.40. The van der Waals surface area contributed by atoms with E-state index in [0.29, 0.717) is 17.1 Å². The first-order chi connectivity index (χ1) is 9.24. The number of rotatable bonds is 5. The Morgan fingerprint density at radius 2 is 2.11 bits per heavy atom. The largest absolute Gasteiger partial charge is 0.495 e. The predicted octanol–water partition coefficient (Wildman–Crippen LogP) is 1.95. The summed E-state index contributed by atoms with van der Waals surface area (Å²) in [5, 5.41) is 2.75. The van der Waals surface area contributed by atoms with E-state index >= 15 is 0 Å². The topological polar surface area (TPSA) is 60.3 Å². The number of amides is 1. The summed E-state index contributed by atoms with van der Waals surface area (Å²) < 4.78 is 6.73. The van der Waals surface area contributed by atoms with Crippen LogP contribution in [0.3, 0.4) is 0 Å². The normalized spacial score (nSPS) is 9.95. The van der Waals surface area contributed by atoms with Crippen molar-refractivity contribution in [2.24, 2.45) is 0 Å². The Kier molecular flexibility index (Phi) is 3.97. The van der Waals surface area contributed by atoms with Gasteiger partial charge >= 0.3 is 0 Å². The van der Waals surface area contributed by atoms with Gasteiger partial charge in [0.2, 0.25) is 5.91 Å². The number of carbonyl (C=O) groups is 2. The van der Waals surface area contributed by atoms with Gasteiger partial charge in [0.05, 0.1) is 18.5 Å². The zero-order valence-corrected chi connectivity index (χ0v) is 10.5. The Morgan fingerprint density at radius 3 is 2.84 bits per heavy atom. The van der Waals surface area contributed by atoms with Gasteiger partial charge in [0.25, 0.3) is 0 Å². The summed E-state index contributed by atoms with van der Waals surface area (Å²) in [4.78, 5) is 22.7. The number of hydrogen-bond acceptors (Lipinski definition) is 3. The van der Waals surface area contributed by atoms with Crippen LogP contribution in [0.5, 0.6) is 5.75 Å². The lowest BCUT2D eigenvalue weighted by Crippen LogP contribution is -2.19. The van der Waals surface area contributed by atoms with Crippen molar-refractivity contribution in [2.75, 3.05) is 12.4 Å². The third-order valence-corrected chi connectivity index (χ3v) is 2.68. The van der Waals surface area contributed by atoms with Gasteiger partial charge in [0.15, 0.2) is 6.29 Å². The molecule has 0 saturated carbocycles. The zero-order valence-electron chi connectivity index (χ0n) is 10.5. The molecule has 0 unspecified atom stereocenters. The van der Waals surface area contributed by atoms with Crippen LogP contribution in [0.2, 0.25) is 0 Å². The fraction of sp³-hybridized carbons (Fsp3) is 0.143. The fourth-order valence-corrected chi connectivity index (χ4v) is 1.77. The first kappa shape index (κ1) is 12.9. The number of nitrogens with zero attached hydrogens (tertiary/aromatic N) is 1. The molecular formula is C14H14N2O3. The van der Waals surface area contributed by atoms with E-state index in [4.69, 9.17) is 4.74 Å². The molecule has 2 rings (SSSR count). The van der Waals surface area contributed by atoms with Crippen LogP contribution < -0.4 is 10.1 Å². The summed E-state index contributed by atoms with van der Waals surface area (Å²) in [5.41, 5.74) is 1.07. The van der Waals surface area contributed by atoms with Gasteiger partial charge in [-0.25, -0.2) is 0 Å². The SMILES string of the molecule is COc1ccccc1NC(=O)Cn1cccc1C=O. The molecule has 1 amide bonds. The highest BCUT2D eigenvalue weighted by Gasteiger charge is 2.08. The van der Waals surface area contributed by atoms with E-state index in [1.165, 1.54) is 0 Å². The molecule has 0 saturated heterocycles. The highest BCUT2D eigenvalue weighted by atomic mass is 16.5. The molecule has 1 heterocycles. The van der Waals surface area contributed by atoms with Crippen LogP contribution in [-0.2, 0) is 11.3 Å². The summed E-state index contributed by atoms with van der Waals surface area (Å²) >= 11 is 0. The van der Waals surface area contributed by atoms with E-state index in [0.717, 1.165) is 6.29 Å². The number of aldehydes is 1. The van der Waals surface area contributed by atoms with Crippen molar-refractivity contribution in [2.45, 2.75) is 6.54 Å². The number of anilines is 1. The van der Waals surface area contributed by atoms with Crippen molar-refractivity contribution in [3.8, 4) is 5.75 Å². The van der Waals surface area contributed by atoms with Crippen LogP contribution >= 0.6 is 0 Å². The minimum atomic E-state index is -0.219. The lowest BCUT2D eigenvalue weighted by Gasteiger charge is -2.10. The molecule has 0 bridgehead atoms. The van der Waals surface area contributed by atoms with E-state index < -0.39 is 0 Å². The van der Waals surface area contributed by atoms with Crippen molar-refractivity contribution in [3.05, 3.63) is 48.3 Å². The maximum atomic E-state index is 11.9. The summed E-state index contributed by atoms with van der Waals surface area (Å²) in [6.45, 7) is 0.0825. The Balaban J connectivity index is 2.07. The Hall–Kier alpha value is -2.56. The Morgan fingerprint density at radius 1 is 1.32 bits per heavy atom. The molecule has 0 radical (unpaired) electrons. The minimum absolute atomic E-state index is 0.0825. The van der Waals surface area contributed by atoms with Crippen molar-refractivity contribution in [1.82, 2.24) is 4.57 Å². The average molecular weight is 258 g/mol. The molecule has 0 aliphatic carbocycles. The molecule has 0 aliphatic rings. The van der Waals surface area contributed by atoms with E-state index in [2.05, 4.69) is 5.32 Å². The number of ether oxygens (including phenoxy) is 1. The van der Waals surface area contributed by atoms with Crippen LogP contribution in [0.4, 0.5) is 5.69 Å². The van der Waals surface area contributed by atoms with Crippen molar-refractivity contribution < 1.29 is 14.3 Å². The maximum absolute atomic E-state index is 11.9. The summed E-state index contributed by atoms with van der Waals surface area (Å²) in [7, 11) is 1.54. The van der Waals surface area contributed by atoms with Crippen molar-refractivity contribution >= 4 is 17.9 Å². The minimum Gasteiger partial charge on any atom is -0.495 e. The molecular weight excluding hydrogens is 244 g/mol. The number of benzene rings is 1. The highest BCUT2D eigenvalue weighted by molar-refractivity contribution is 5.92. The van der Waals surface area contributed by atoms with Crippen LogP contribution in [0.15, 0.2) is 42.6 Å². The summed E-state index contributed by atoms with van der Waals surface area (Å²) in [6, 6.07) is 10.5. The lowest BCUT2D eigenvalue weighted by atomic mass is 10.3. The predicted molar refractivity (Wildman–Crippen MR) is 71.4 cm³/mol. The monoisotopic (exact) mass is 258 g/mol. The third kappa shape index (κ3) is 3.01. The quantitative estimate of drug-likeness (QED) is 0.834. The molecule has 0 atom stereocenters. The third-order valence-electron chi connectivity index (χ3n) is 2.68. The molecule has 19 heavy (non-hydrogen) atoms. The van der Waals surface area contributed by atoms with Gasteiger partial charge in [-0.3, -0.25) is 9.59 Å². The number of nitrogens with one attached hydrogen (secondary N) is 1. The molecule has 1 aromatic heterocycles. The Bertz CT molecular complexity index is 590. The van der Waals surface area contributed by atoms with Crippen molar-refractivity contribution in [1.29, 1.82) is 0 Å². The first-order valence-corrected chi connectivity index (χ1v) is 5.78. The van der Waals surface area contributed by atoms with Gasteiger partial charge in [-0.15, -0.1) is 0 Å². The van der Waals surface area contributed by atoms with Crippen molar-refractivity contribution in [3.63, 3.8) is 0 Å². The van der Waals surface area contributed by atoms with E-state index in [-0.39, 0.29) is 12.5 Å². The van der Waals surface area contributed by atoms with Gasteiger partial charge in [0.1, 0.15) is 12.3 Å². The number of methoxy groups -OCH3 is 1. The van der Waals surface area contributed by atoms with Crippen LogP contribution in [0.1, 0.15) is 10.5 Å². The van der Waals surface area contributed by atoms with E-state index in [9.17, 15) is 9.59 Å². The zero-order chi connectivity index (χ0) is 13.7. The number of para-hydroxylation sites is 2. The van der Waals surface area contributed by atoms with E-state index in [1.807, 2.05) is 12.1 Å². The molecule has 0 aliphatic heterocycles. The molecule has 98 valence electrons. The van der Waals surface area contributed by atoms with E-state index in [1.54, 1.807) is 42.1 Å². The van der Waals surface area contributed by atoms with Gasteiger partial charge in [-0.2, -0.15) is 0 Å². The molecule has 1 N–H and O–H groups in total. The molecule has 0 fully saturated rings. The lowest BCUT2D eigenvalue weighted by molar-refractivity contribution is -0.116. The van der Waals surface area contributed by atoms with Gasteiger partial charge < -0.3 is 14.6 Å². The maximum Gasteiger partial charge on any atom is 0.244 e. The number of aromatic nitrogens is 1. The van der Waals surface area contributed by atoms with Gasteiger partial charge in [0, 0.05) is 6.20 Å². The van der Waals surface area contributed by atoms with Crippen LogP contribution in [0, 0.1) is 0 Å². The molecule has 2 aromatic rings. The fourth-order valence-electron chi connectivity index (χ4n) is 1.77. The van der Waals surface area contributed by atoms with Gasteiger partial charge in [-0.1, -0.05) is 12.1 Å². The average Bonchev–Trinajstić information content (AvgIpc) is 2.86. The smallest absolute Gasteiger partial charge is 0.244 e. The highest BCUT2D eigenvalue weighted by Crippen LogP contribution is 2.22. The molecule has 0 spiro atoms.